The van der Waals surface area contributed by atoms with Gasteiger partial charge in [0, 0.05) is 16.9 Å². The molecule has 4 heteroatoms. The van der Waals surface area contributed by atoms with Crippen molar-refractivity contribution in [3.8, 4) is 0 Å². The van der Waals surface area contributed by atoms with Crippen molar-refractivity contribution in [2.75, 3.05) is 5.32 Å². The first-order valence-electron chi connectivity index (χ1n) is 8.81. The zero-order valence-corrected chi connectivity index (χ0v) is 14.7. The summed E-state index contributed by atoms with van der Waals surface area (Å²) < 4.78 is 0. The van der Waals surface area contributed by atoms with Gasteiger partial charge in [0.15, 0.2) is 0 Å². The summed E-state index contributed by atoms with van der Waals surface area (Å²) in [5.74, 6) is 0.139. The molecule has 2 aromatic rings. The predicted molar refractivity (Wildman–Crippen MR) is 100 cm³/mol. The zero-order valence-electron chi connectivity index (χ0n) is 14.7. The molecule has 1 heterocycles. The van der Waals surface area contributed by atoms with Gasteiger partial charge < -0.3 is 15.4 Å². The Hall–Kier alpha value is -2.62. The van der Waals surface area contributed by atoms with E-state index < -0.39 is 6.04 Å². The van der Waals surface area contributed by atoms with Crippen molar-refractivity contribution in [1.29, 1.82) is 0 Å². The molecule has 3 rings (SSSR count). The van der Waals surface area contributed by atoms with E-state index in [-0.39, 0.29) is 5.91 Å². The molecule has 25 heavy (non-hydrogen) atoms. The van der Waals surface area contributed by atoms with E-state index in [4.69, 9.17) is 0 Å². The van der Waals surface area contributed by atoms with Gasteiger partial charge in [0.05, 0.1) is 6.04 Å². The van der Waals surface area contributed by atoms with Crippen LogP contribution in [0.5, 0.6) is 0 Å². The molecule has 0 unspecified atom stereocenters. The number of nitrogens with one attached hydrogen (secondary N) is 2. The lowest BCUT2D eigenvalue weighted by Gasteiger charge is -2.16. The molecule has 4 nitrogen and oxygen atoms in total. The second-order valence-electron chi connectivity index (χ2n) is 7.00. The molecule has 0 spiro atoms. The summed E-state index contributed by atoms with van der Waals surface area (Å²) in [7, 11) is 0. The van der Waals surface area contributed by atoms with Crippen molar-refractivity contribution in [1.82, 2.24) is 5.32 Å². The van der Waals surface area contributed by atoms with Crippen LogP contribution in [0.25, 0.3) is 0 Å². The molecular formula is C21H24N2O2. The minimum atomic E-state index is -0.444. The Labute approximate surface area is 148 Å². The molecule has 130 valence electrons. The fourth-order valence-corrected chi connectivity index (χ4v) is 3.23. The van der Waals surface area contributed by atoms with Gasteiger partial charge in [-0.1, -0.05) is 38.1 Å². The van der Waals surface area contributed by atoms with Gasteiger partial charge in [0.25, 0.3) is 5.91 Å². The highest BCUT2D eigenvalue weighted by Crippen LogP contribution is 2.30. The molecule has 2 N–H and O–H groups in total. The fourth-order valence-electron chi connectivity index (χ4n) is 3.23. The Morgan fingerprint density at radius 1 is 1.12 bits per heavy atom. The summed E-state index contributed by atoms with van der Waals surface area (Å²) in [5, 5.41) is 6.27. The van der Waals surface area contributed by atoms with Crippen LogP contribution in [0, 0.1) is 5.92 Å². The molecular weight excluding hydrogens is 312 g/mol. The molecule has 0 aromatic heterocycles. The van der Waals surface area contributed by atoms with Gasteiger partial charge >= 0.3 is 0 Å². The maximum Gasteiger partial charge on any atom is 0.251 e. The van der Waals surface area contributed by atoms with Crippen molar-refractivity contribution < 1.29 is 9.59 Å². The van der Waals surface area contributed by atoms with E-state index in [0.29, 0.717) is 17.9 Å². The number of fused-ring (bicyclic) bond motifs is 2. The standard InChI is InChI=1S/C21H24N2O2/c1-14(2)11-18(13-24)22-21(25)17-10-9-16-8-7-15-5-3-4-6-19(15)23-20(16)12-17/h3-6,9-10,12-14,18,23H,7-8,11H2,1-2H3,(H,22,25)/t18-/m0/s1. The van der Waals surface area contributed by atoms with E-state index in [1.165, 1.54) is 11.1 Å². The third-order valence-corrected chi connectivity index (χ3v) is 4.53. The van der Waals surface area contributed by atoms with E-state index in [1.807, 2.05) is 44.2 Å². The number of benzene rings is 2. The lowest BCUT2D eigenvalue weighted by Crippen LogP contribution is -2.37. The van der Waals surface area contributed by atoms with Gasteiger partial charge in [-0.2, -0.15) is 0 Å². The van der Waals surface area contributed by atoms with Crippen molar-refractivity contribution in [2.45, 2.75) is 39.2 Å². The summed E-state index contributed by atoms with van der Waals surface area (Å²) >= 11 is 0. The molecule has 0 bridgehead atoms. The molecule has 1 atom stereocenters. The van der Waals surface area contributed by atoms with E-state index in [2.05, 4.69) is 22.8 Å². The summed E-state index contributed by atoms with van der Waals surface area (Å²) in [6, 6.07) is 13.5. The van der Waals surface area contributed by atoms with Crippen molar-refractivity contribution >= 4 is 23.6 Å². The summed E-state index contributed by atoms with van der Waals surface area (Å²) in [6.07, 6.45) is 3.37. The van der Waals surface area contributed by atoms with Gasteiger partial charge in [0.2, 0.25) is 0 Å². The summed E-state index contributed by atoms with van der Waals surface area (Å²) in [4.78, 5) is 23.7. The number of para-hydroxylation sites is 1. The van der Waals surface area contributed by atoms with Gasteiger partial charge in [-0.3, -0.25) is 4.79 Å². The molecule has 0 radical (unpaired) electrons. The number of carbonyl (C=O) groups is 2. The number of hydrogen-bond donors (Lipinski definition) is 2. The Kier molecular flexibility index (Phi) is 5.17. The topological polar surface area (TPSA) is 58.2 Å². The first-order chi connectivity index (χ1) is 12.1. The minimum Gasteiger partial charge on any atom is -0.355 e. The van der Waals surface area contributed by atoms with Crippen LogP contribution < -0.4 is 10.6 Å². The average Bonchev–Trinajstić information content (AvgIpc) is 2.79. The molecule has 2 aromatic carbocycles. The van der Waals surface area contributed by atoms with Gasteiger partial charge in [-0.05, 0) is 54.5 Å². The monoisotopic (exact) mass is 336 g/mol. The molecule has 0 saturated carbocycles. The normalized spacial score (nSPS) is 13.9. The zero-order chi connectivity index (χ0) is 17.8. The molecule has 1 aliphatic heterocycles. The Balaban J connectivity index is 1.80. The molecule has 0 saturated heterocycles. The third kappa shape index (κ3) is 4.08. The third-order valence-electron chi connectivity index (χ3n) is 4.53. The number of carbonyl (C=O) groups excluding carboxylic acids is 2. The van der Waals surface area contributed by atoms with Crippen LogP contribution in [-0.4, -0.2) is 18.2 Å². The highest BCUT2D eigenvalue weighted by molar-refractivity contribution is 5.97. The first kappa shape index (κ1) is 17.2. The van der Waals surface area contributed by atoms with E-state index >= 15 is 0 Å². The number of hydrogen-bond acceptors (Lipinski definition) is 3. The number of aldehydes is 1. The number of amides is 1. The maximum absolute atomic E-state index is 12.5. The van der Waals surface area contributed by atoms with E-state index in [0.717, 1.165) is 30.5 Å². The minimum absolute atomic E-state index is 0.208. The van der Waals surface area contributed by atoms with Crippen LogP contribution >= 0.6 is 0 Å². The van der Waals surface area contributed by atoms with Crippen LogP contribution in [0.2, 0.25) is 0 Å². The highest BCUT2D eigenvalue weighted by atomic mass is 16.2. The molecule has 1 aliphatic rings. The molecule has 0 fully saturated rings. The number of aryl methyl sites for hydroxylation is 2. The Bertz CT molecular complexity index is 783. The van der Waals surface area contributed by atoms with Crippen LogP contribution in [0.3, 0.4) is 0 Å². The second kappa shape index (κ2) is 7.51. The van der Waals surface area contributed by atoms with Crippen LogP contribution in [-0.2, 0) is 17.6 Å². The summed E-state index contributed by atoms with van der Waals surface area (Å²) in [6.45, 7) is 4.07. The van der Waals surface area contributed by atoms with Crippen molar-refractivity contribution in [3.63, 3.8) is 0 Å². The van der Waals surface area contributed by atoms with Crippen LogP contribution in [0.1, 0.15) is 41.8 Å². The lowest BCUT2D eigenvalue weighted by molar-refractivity contribution is -0.109. The largest absolute Gasteiger partial charge is 0.355 e. The number of rotatable bonds is 5. The fraction of sp³-hybridized carbons (Fsp3) is 0.333. The SMILES string of the molecule is CC(C)C[C@@H](C=O)NC(=O)c1ccc2c(c1)Nc1ccccc1CC2. The number of anilines is 2. The van der Waals surface area contributed by atoms with Crippen LogP contribution in [0.15, 0.2) is 42.5 Å². The second-order valence-corrected chi connectivity index (χ2v) is 7.00. The first-order valence-corrected chi connectivity index (χ1v) is 8.81. The predicted octanol–water partition coefficient (Wildman–Crippen LogP) is 3.87. The quantitative estimate of drug-likeness (QED) is 0.815. The molecule has 1 amide bonds. The van der Waals surface area contributed by atoms with Gasteiger partial charge in [0.1, 0.15) is 6.29 Å². The van der Waals surface area contributed by atoms with E-state index in [9.17, 15) is 9.59 Å². The van der Waals surface area contributed by atoms with Crippen molar-refractivity contribution in [2.24, 2.45) is 5.92 Å². The highest BCUT2D eigenvalue weighted by Gasteiger charge is 2.17. The maximum atomic E-state index is 12.5. The van der Waals surface area contributed by atoms with Gasteiger partial charge in [-0.15, -0.1) is 0 Å². The van der Waals surface area contributed by atoms with Gasteiger partial charge in [-0.25, -0.2) is 0 Å². The smallest absolute Gasteiger partial charge is 0.251 e. The van der Waals surface area contributed by atoms with Crippen LogP contribution in [0.4, 0.5) is 11.4 Å². The van der Waals surface area contributed by atoms with Crippen molar-refractivity contribution in [3.05, 3.63) is 59.2 Å². The average molecular weight is 336 g/mol. The lowest BCUT2D eigenvalue weighted by atomic mass is 10.0. The Morgan fingerprint density at radius 3 is 2.56 bits per heavy atom. The Morgan fingerprint density at radius 2 is 1.84 bits per heavy atom. The summed E-state index contributed by atoms with van der Waals surface area (Å²) in [5.41, 5.74) is 5.10. The molecule has 0 aliphatic carbocycles. The van der Waals surface area contributed by atoms with E-state index in [1.54, 1.807) is 0 Å².